The summed E-state index contributed by atoms with van der Waals surface area (Å²) in [6.07, 6.45) is 1.72. The van der Waals surface area contributed by atoms with E-state index in [1.54, 1.807) is 18.3 Å². The molecule has 0 radical (unpaired) electrons. The molecule has 2 aliphatic rings. The van der Waals surface area contributed by atoms with Gasteiger partial charge in [0.25, 0.3) is 5.91 Å². The maximum absolute atomic E-state index is 14.3. The van der Waals surface area contributed by atoms with Crippen LogP contribution >= 0.6 is 0 Å². The summed E-state index contributed by atoms with van der Waals surface area (Å²) in [6.45, 7) is 7.26. The molecule has 3 heterocycles. The lowest BCUT2D eigenvalue weighted by molar-refractivity contribution is 0.102. The van der Waals surface area contributed by atoms with Crippen molar-refractivity contribution in [3.05, 3.63) is 65.6 Å². The highest BCUT2D eigenvalue weighted by molar-refractivity contribution is 6.05. The number of amides is 1. The Morgan fingerprint density at radius 1 is 0.944 bits per heavy atom. The molecule has 0 atom stereocenters. The monoisotopic (exact) mass is 492 g/mol. The zero-order valence-corrected chi connectivity index (χ0v) is 20.2. The van der Waals surface area contributed by atoms with Crippen LogP contribution in [0.3, 0.4) is 0 Å². The lowest BCUT2D eigenvalue weighted by atomic mass is 10.1. The van der Waals surface area contributed by atoms with Gasteiger partial charge in [0.05, 0.1) is 26.4 Å². The second-order valence-corrected chi connectivity index (χ2v) is 8.75. The van der Waals surface area contributed by atoms with Crippen LogP contribution in [0.5, 0.6) is 0 Å². The van der Waals surface area contributed by atoms with Crippen LogP contribution in [0.15, 0.2) is 48.7 Å². The Morgan fingerprint density at radius 3 is 2.42 bits per heavy atom. The third kappa shape index (κ3) is 5.72. The van der Waals surface area contributed by atoms with E-state index >= 15 is 0 Å². The van der Waals surface area contributed by atoms with Crippen LogP contribution in [0.1, 0.15) is 15.9 Å². The normalized spacial score (nSPS) is 16.1. The van der Waals surface area contributed by atoms with Crippen LogP contribution < -0.4 is 20.4 Å². The molecule has 2 saturated heterocycles. The number of rotatable bonds is 6. The third-order valence-electron chi connectivity index (χ3n) is 6.22. The van der Waals surface area contributed by atoms with Crippen molar-refractivity contribution in [1.29, 1.82) is 0 Å². The van der Waals surface area contributed by atoms with Crippen molar-refractivity contribution in [3.63, 3.8) is 0 Å². The molecule has 0 saturated carbocycles. The predicted octanol–water partition coefficient (Wildman–Crippen LogP) is 3.59. The van der Waals surface area contributed by atoms with Crippen LogP contribution in [0.2, 0.25) is 0 Å². The van der Waals surface area contributed by atoms with Crippen LogP contribution in [0.25, 0.3) is 0 Å². The Labute approximate surface area is 209 Å². The van der Waals surface area contributed by atoms with Crippen molar-refractivity contribution in [1.82, 2.24) is 9.97 Å². The average molecular weight is 493 g/mol. The van der Waals surface area contributed by atoms with E-state index in [1.807, 2.05) is 30.0 Å². The van der Waals surface area contributed by atoms with Gasteiger partial charge in [-0.1, -0.05) is 6.07 Å². The number of carbonyl (C=O) groups excluding carboxylic acids is 1. The Kier molecular flexibility index (Phi) is 7.24. The lowest BCUT2D eigenvalue weighted by Crippen LogP contribution is -2.37. The fraction of sp³-hybridized carbons (Fsp3) is 0.346. The Balaban J connectivity index is 1.31. The molecule has 1 amide bonds. The number of aryl methyl sites for hydroxylation is 1. The number of morpholine rings is 2. The Bertz CT molecular complexity index is 1230. The molecule has 2 N–H and O–H groups in total. The SMILES string of the molecule is Cc1ccc(NC(=O)c2cc(F)cc(N3CCOCC3)c2)cc1Nc1ccnc(N2CCOCC2)n1. The van der Waals surface area contributed by atoms with Gasteiger partial charge in [-0.3, -0.25) is 4.79 Å². The molecule has 188 valence electrons. The molecule has 2 aliphatic heterocycles. The van der Waals surface area contributed by atoms with Gasteiger partial charge in [-0.05, 0) is 48.9 Å². The number of hydrogen-bond acceptors (Lipinski definition) is 8. The fourth-order valence-corrected chi connectivity index (χ4v) is 4.22. The second kappa shape index (κ2) is 10.9. The lowest BCUT2D eigenvalue weighted by Gasteiger charge is -2.29. The minimum absolute atomic E-state index is 0.262. The number of halogens is 1. The Morgan fingerprint density at radius 2 is 1.67 bits per heavy atom. The van der Waals surface area contributed by atoms with Gasteiger partial charge in [-0.25, -0.2) is 9.37 Å². The highest BCUT2D eigenvalue weighted by Crippen LogP contribution is 2.26. The zero-order chi connectivity index (χ0) is 24.9. The maximum atomic E-state index is 14.3. The number of anilines is 5. The van der Waals surface area contributed by atoms with E-state index < -0.39 is 5.82 Å². The molecular weight excluding hydrogens is 463 g/mol. The Hall–Kier alpha value is -3.76. The van der Waals surface area contributed by atoms with E-state index in [9.17, 15) is 9.18 Å². The number of ether oxygens (including phenoxy) is 2. The summed E-state index contributed by atoms with van der Waals surface area (Å²) in [5.41, 5.74) is 3.31. The van der Waals surface area contributed by atoms with Gasteiger partial charge >= 0.3 is 0 Å². The van der Waals surface area contributed by atoms with E-state index in [2.05, 4.69) is 25.5 Å². The van der Waals surface area contributed by atoms with Crippen molar-refractivity contribution in [2.24, 2.45) is 0 Å². The smallest absolute Gasteiger partial charge is 0.255 e. The topological polar surface area (TPSA) is 91.9 Å². The van der Waals surface area contributed by atoms with Crippen molar-refractivity contribution < 1.29 is 18.7 Å². The first-order chi connectivity index (χ1) is 17.5. The number of nitrogens with zero attached hydrogens (tertiary/aromatic N) is 4. The summed E-state index contributed by atoms with van der Waals surface area (Å²) in [5.74, 6) is 0.469. The number of benzene rings is 2. The van der Waals surface area contributed by atoms with E-state index in [4.69, 9.17) is 9.47 Å². The first-order valence-electron chi connectivity index (χ1n) is 12.0. The molecule has 0 spiro atoms. The summed E-state index contributed by atoms with van der Waals surface area (Å²) >= 11 is 0. The van der Waals surface area contributed by atoms with Crippen LogP contribution in [0, 0.1) is 12.7 Å². The quantitative estimate of drug-likeness (QED) is 0.540. The molecule has 1 aromatic heterocycles. The zero-order valence-electron chi connectivity index (χ0n) is 20.2. The predicted molar refractivity (Wildman–Crippen MR) is 137 cm³/mol. The van der Waals surface area contributed by atoms with Gasteiger partial charge in [0.2, 0.25) is 5.95 Å². The molecule has 5 rings (SSSR count). The number of hydrogen-bond donors (Lipinski definition) is 2. The molecule has 0 bridgehead atoms. The first-order valence-corrected chi connectivity index (χ1v) is 12.0. The van der Waals surface area contributed by atoms with E-state index in [-0.39, 0.29) is 11.5 Å². The van der Waals surface area contributed by atoms with Gasteiger partial charge in [0.15, 0.2) is 0 Å². The minimum Gasteiger partial charge on any atom is -0.378 e. The average Bonchev–Trinajstić information content (AvgIpc) is 2.91. The molecule has 0 unspecified atom stereocenters. The molecular formula is C26H29FN6O3. The van der Waals surface area contributed by atoms with Crippen LogP contribution in [-0.2, 0) is 9.47 Å². The van der Waals surface area contributed by atoms with Crippen molar-refractivity contribution in [2.45, 2.75) is 6.92 Å². The van der Waals surface area contributed by atoms with Gasteiger partial charge in [0.1, 0.15) is 11.6 Å². The van der Waals surface area contributed by atoms with Crippen LogP contribution in [0.4, 0.5) is 33.2 Å². The largest absolute Gasteiger partial charge is 0.378 e. The molecule has 0 aliphatic carbocycles. The molecule has 36 heavy (non-hydrogen) atoms. The van der Waals surface area contributed by atoms with Gasteiger partial charge < -0.3 is 29.9 Å². The third-order valence-corrected chi connectivity index (χ3v) is 6.22. The number of aromatic nitrogens is 2. The summed E-state index contributed by atoms with van der Waals surface area (Å²) in [5, 5.41) is 6.22. The summed E-state index contributed by atoms with van der Waals surface area (Å²) in [7, 11) is 0. The van der Waals surface area contributed by atoms with Crippen molar-refractivity contribution >= 4 is 34.7 Å². The van der Waals surface area contributed by atoms with E-state index in [0.29, 0.717) is 62.7 Å². The number of nitrogens with one attached hydrogen (secondary N) is 2. The van der Waals surface area contributed by atoms with Gasteiger partial charge in [0, 0.05) is 55.0 Å². The van der Waals surface area contributed by atoms with Gasteiger partial charge in [-0.2, -0.15) is 4.98 Å². The summed E-state index contributed by atoms with van der Waals surface area (Å²) in [4.78, 5) is 26.1. The van der Waals surface area contributed by atoms with E-state index in [1.165, 1.54) is 12.1 Å². The highest BCUT2D eigenvalue weighted by Gasteiger charge is 2.17. The molecule has 2 fully saturated rings. The molecule has 10 heteroatoms. The highest BCUT2D eigenvalue weighted by atomic mass is 19.1. The molecule has 2 aromatic carbocycles. The summed E-state index contributed by atoms with van der Waals surface area (Å²) < 4.78 is 25.1. The number of carbonyl (C=O) groups is 1. The first kappa shape index (κ1) is 24.0. The van der Waals surface area contributed by atoms with E-state index in [0.717, 1.165) is 24.3 Å². The second-order valence-electron chi connectivity index (χ2n) is 8.75. The van der Waals surface area contributed by atoms with Gasteiger partial charge in [-0.15, -0.1) is 0 Å². The minimum atomic E-state index is -0.449. The molecule has 9 nitrogen and oxygen atoms in total. The summed E-state index contributed by atoms with van der Waals surface area (Å²) in [6, 6.07) is 11.8. The fourth-order valence-electron chi connectivity index (χ4n) is 4.22. The van der Waals surface area contributed by atoms with Crippen LogP contribution in [-0.4, -0.2) is 68.5 Å². The van der Waals surface area contributed by atoms with Crippen molar-refractivity contribution in [2.75, 3.05) is 73.0 Å². The maximum Gasteiger partial charge on any atom is 0.255 e. The standard InChI is InChI=1S/C26H29FN6O3/c1-18-2-3-21(17-23(18)30-24-4-5-28-26(31-24)33-8-12-36-13-9-33)29-25(34)19-14-20(27)16-22(15-19)32-6-10-35-11-7-32/h2-5,14-17H,6-13H2,1H3,(H,29,34)(H,28,30,31). The molecule has 3 aromatic rings. The van der Waals surface area contributed by atoms with Crippen molar-refractivity contribution in [3.8, 4) is 0 Å².